The molecule has 22 heavy (non-hydrogen) atoms. The van der Waals surface area contributed by atoms with Crippen LogP contribution in [0, 0.1) is 11.3 Å². The molecule has 0 heterocycles. The Bertz CT molecular complexity index is 347. The van der Waals surface area contributed by atoms with Crippen molar-refractivity contribution in [2.24, 2.45) is 11.3 Å². The number of rotatable bonds is 8. The monoisotopic (exact) mass is 317 g/mol. The van der Waals surface area contributed by atoms with Crippen LogP contribution in [0.15, 0.2) is 0 Å². The van der Waals surface area contributed by atoms with Crippen LogP contribution in [0.3, 0.4) is 0 Å². The van der Waals surface area contributed by atoms with Crippen molar-refractivity contribution in [2.75, 3.05) is 20.3 Å². The number of amides is 1. The quantitative estimate of drug-likeness (QED) is 0.720. The van der Waals surface area contributed by atoms with Crippen molar-refractivity contribution in [2.45, 2.75) is 72.5 Å². The minimum Gasteiger partial charge on any atom is -0.444 e. The van der Waals surface area contributed by atoms with E-state index in [0.717, 1.165) is 12.8 Å². The van der Waals surface area contributed by atoms with E-state index in [9.17, 15) is 9.90 Å². The van der Waals surface area contributed by atoms with Gasteiger partial charge >= 0.3 is 6.09 Å². The van der Waals surface area contributed by atoms with Crippen LogP contribution in [0.4, 0.5) is 4.79 Å². The summed E-state index contributed by atoms with van der Waals surface area (Å²) in [4.78, 5) is 11.9. The number of hydrogen-bond acceptors (Lipinski definition) is 4. The number of nitrogens with one attached hydrogen (secondary N) is 1. The summed E-state index contributed by atoms with van der Waals surface area (Å²) in [6.45, 7) is 14.1. The van der Waals surface area contributed by atoms with Crippen LogP contribution in [0.2, 0.25) is 0 Å². The first-order valence-electron chi connectivity index (χ1n) is 8.00. The van der Waals surface area contributed by atoms with E-state index in [1.807, 2.05) is 34.6 Å². The zero-order chi connectivity index (χ0) is 17.6. The second kappa shape index (κ2) is 8.16. The summed E-state index contributed by atoms with van der Waals surface area (Å²) in [5, 5.41) is 12.7. The number of aliphatic hydroxyl groups is 1. The molecule has 1 unspecified atom stereocenters. The molecular weight excluding hydrogens is 282 g/mol. The smallest absolute Gasteiger partial charge is 0.407 e. The van der Waals surface area contributed by atoms with E-state index in [0.29, 0.717) is 6.54 Å². The average molecular weight is 317 g/mol. The summed E-state index contributed by atoms with van der Waals surface area (Å²) in [7, 11) is 1.69. The molecule has 0 saturated carbocycles. The maximum absolute atomic E-state index is 11.9. The fraction of sp³-hybridized carbons (Fsp3) is 0.941. The molecule has 0 aromatic heterocycles. The highest BCUT2D eigenvalue weighted by Gasteiger charge is 2.36. The molecule has 1 atom stereocenters. The Morgan fingerprint density at radius 3 is 2.05 bits per heavy atom. The number of carbonyl (C=O) groups is 1. The van der Waals surface area contributed by atoms with Crippen LogP contribution in [-0.4, -0.2) is 42.7 Å². The minimum atomic E-state index is -0.526. The number of ether oxygens (including phenoxy) is 2. The van der Waals surface area contributed by atoms with Crippen LogP contribution in [0.25, 0.3) is 0 Å². The molecule has 5 heteroatoms. The van der Waals surface area contributed by atoms with E-state index in [2.05, 4.69) is 19.2 Å². The molecule has 2 N–H and O–H groups in total. The summed E-state index contributed by atoms with van der Waals surface area (Å²) in [5.41, 5.74) is -1.16. The van der Waals surface area contributed by atoms with E-state index in [4.69, 9.17) is 9.47 Å². The predicted octanol–water partition coefficient (Wildman–Crippen LogP) is 3.35. The lowest BCUT2D eigenvalue weighted by atomic mass is 9.72. The summed E-state index contributed by atoms with van der Waals surface area (Å²) in [6, 6.07) is 0. The van der Waals surface area contributed by atoms with Crippen molar-refractivity contribution >= 4 is 6.09 Å². The predicted molar refractivity (Wildman–Crippen MR) is 88.9 cm³/mol. The number of hydrogen-bond donors (Lipinski definition) is 2. The Morgan fingerprint density at radius 1 is 1.14 bits per heavy atom. The van der Waals surface area contributed by atoms with E-state index < -0.39 is 11.7 Å². The van der Waals surface area contributed by atoms with Crippen LogP contribution >= 0.6 is 0 Å². The standard InChI is InChI=1S/C17H35NO4/c1-13(2)17(12-19,10-9-16(6,7)21-8)11-18-14(20)22-15(3,4)5/h13,19H,9-12H2,1-8H3,(H,18,20). The Hall–Kier alpha value is -0.810. The third-order valence-electron chi connectivity index (χ3n) is 4.30. The second-order valence-electron chi connectivity index (χ2n) is 7.99. The van der Waals surface area contributed by atoms with Crippen molar-refractivity contribution in [1.29, 1.82) is 0 Å². The van der Waals surface area contributed by atoms with Gasteiger partial charge in [0.2, 0.25) is 0 Å². The minimum absolute atomic E-state index is 0.0141. The summed E-state index contributed by atoms with van der Waals surface area (Å²) < 4.78 is 10.7. The van der Waals surface area contributed by atoms with Crippen LogP contribution in [0.1, 0.15) is 61.3 Å². The number of aliphatic hydroxyl groups excluding tert-OH is 1. The molecule has 0 radical (unpaired) electrons. The first-order chi connectivity index (χ1) is 9.87. The molecule has 0 bridgehead atoms. The maximum atomic E-state index is 11.9. The fourth-order valence-electron chi connectivity index (χ4n) is 2.11. The van der Waals surface area contributed by atoms with Crippen LogP contribution in [0.5, 0.6) is 0 Å². The first kappa shape index (κ1) is 21.2. The van der Waals surface area contributed by atoms with Gasteiger partial charge in [0.1, 0.15) is 5.60 Å². The number of alkyl carbamates (subject to hydrolysis) is 1. The molecule has 0 fully saturated rings. The van der Waals surface area contributed by atoms with Crippen molar-refractivity contribution in [3.05, 3.63) is 0 Å². The number of carbonyl (C=O) groups excluding carboxylic acids is 1. The topological polar surface area (TPSA) is 67.8 Å². The molecule has 0 aliphatic heterocycles. The van der Waals surface area contributed by atoms with Crippen molar-refractivity contribution in [3.8, 4) is 0 Å². The second-order valence-corrected chi connectivity index (χ2v) is 7.99. The van der Waals surface area contributed by atoms with E-state index in [1.165, 1.54) is 0 Å². The van der Waals surface area contributed by atoms with Gasteiger partial charge in [0, 0.05) is 19.1 Å². The van der Waals surface area contributed by atoms with E-state index in [1.54, 1.807) is 7.11 Å². The van der Waals surface area contributed by atoms with Gasteiger partial charge in [-0.05, 0) is 53.4 Å². The van der Waals surface area contributed by atoms with Gasteiger partial charge in [-0.25, -0.2) is 4.79 Å². The van der Waals surface area contributed by atoms with Crippen molar-refractivity contribution in [3.63, 3.8) is 0 Å². The highest BCUT2D eigenvalue weighted by atomic mass is 16.6. The van der Waals surface area contributed by atoms with Gasteiger partial charge in [0.25, 0.3) is 0 Å². The SMILES string of the molecule is COC(C)(C)CCC(CO)(CNC(=O)OC(C)(C)C)C(C)C. The zero-order valence-electron chi connectivity index (χ0n) is 15.6. The lowest BCUT2D eigenvalue weighted by Crippen LogP contribution is -2.46. The summed E-state index contributed by atoms with van der Waals surface area (Å²) >= 11 is 0. The van der Waals surface area contributed by atoms with Crippen molar-refractivity contribution < 1.29 is 19.4 Å². The first-order valence-corrected chi connectivity index (χ1v) is 8.00. The van der Waals surface area contributed by atoms with Gasteiger partial charge in [0.15, 0.2) is 0 Å². The normalized spacial score (nSPS) is 15.5. The van der Waals surface area contributed by atoms with Gasteiger partial charge in [0.05, 0.1) is 12.2 Å². The average Bonchev–Trinajstić information content (AvgIpc) is 2.37. The highest BCUT2D eigenvalue weighted by Crippen LogP contribution is 2.35. The molecule has 1 amide bonds. The van der Waals surface area contributed by atoms with Gasteiger partial charge in [-0.2, -0.15) is 0 Å². The third kappa shape index (κ3) is 7.45. The summed E-state index contributed by atoms with van der Waals surface area (Å²) in [6.07, 6.45) is 1.12. The van der Waals surface area contributed by atoms with E-state index in [-0.39, 0.29) is 23.5 Å². The lowest BCUT2D eigenvalue weighted by molar-refractivity contribution is -0.0143. The van der Waals surface area contributed by atoms with E-state index >= 15 is 0 Å². The summed E-state index contributed by atoms with van der Waals surface area (Å²) in [5.74, 6) is 0.222. The Kier molecular flexibility index (Phi) is 7.86. The Balaban J connectivity index is 4.80. The molecule has 0 rings (SSSR count). The molecule has 0 aromatic rings. The fourth-order valence-corrected chi connectivity index (χ4v) is 2.11. The van der Waals surface area contributed by atoms with Crippen molar-refractivity contribution in [1.82, 2.24) is 5.32 Å². The van der Waals surface area contributed by atoms with Gasteiger partial charge in [-0.1, -0.05) is 13.8 Å². The largest absolute Gasteiger partial charge is 0.444 e. The molecule has 0 saturated heterocycles. The van der Waals surface area contributed by atoms with Crippen LogP contribution < -0.4 is 5.32 Å². The Labute approximate surface area is 135 Å². The van der Waals surface area contributed by atoms with Gasteiger partial charge < -0.3 is 19.9 Å². The van der Waals surface area contributed by atoms with Gasteiger partial charge in [-0.3, -0.25) is 0 Å². The molecule has 0 aromatic carbocycles. The lowest BCUT2D eigenvalue weighted by Gasteiger charge is -2.38. The zero-order valence-corrected chi connectivity index (χ0v) is 15.6. The molecule has 5 nitrogen and oxygen atoms in total. The van der Waals surface area contributed by atoms with Crippen LogP contribution in [-0.2, 0) is 9.47 Å². The highest BCUT2D eigenvalue weighted by molar-refractivity contribution is 5.67. The third-order valence-corrected chi connectivity index (χ3v) is 4.30. The molecule has 0 aliphatic rings. The van der Waals surface area contributed by atoms with Gasteiger partial charge in [-0.15, -0.1) is 0 Å². The number of methoxy groups -OCH3 is 1. The molecular formula is C17H35NO4. The Morgan fingerprint density at radius 2 is 1.68 bits per heavy atom. The maximum Gasteiger partial charge on any atom is 0.407 e. The molecule has 0 aliphatic carbocycles. The molecule has 132 valence electrons. The molecule has 0 spiro atoms.